The van der Waals surface area contributed by atoms with Crippen molar-refractivity contribution in [2.45, 2.75) is 25.1 Å². The van der Waals surface area contributed by atoms with Crippen LogP contribution in [-0.2, 0) is 6.54 Å². The molecule has 76 valence electrons. The predicted octanol–water partition coefficient (Wildman–Crippen LogP) is -0.570. The van der Waals surface area contributed by atoms with Crippen molar-refractivity contribution < 1.29 is 9.74 Å². The highest BCUT2D eigenvalue weighted by Gasteiger charge is 2.34. The number of nitrogens with zero attached hydrogens (tertiary/aromatic N) is 3. The lowest BCUT2D eigenvalue weighted by Crippen LogP contribution is -2.32. The fourth-order valence-electron chi connectivity index (χ4n) is 2.21. The third kappa shape index (κ3) is 1.18. The summed E-state index contributed by atoms with van der Waals surface area (Å²) in [7, 11) is 0. The lowest BCUT2D eigenvalue weighted by atomic mass is 10.2. The van der Waals surface area contributed by atoms with Crippen molar-refractivity contribution in [3.8, 4) is 0 Å². The van der Waals surface area contributed by atoms with Crippen LogP contribution in [0.15, 0.2) is 4.63 Å². The van der Waals surface area contributed by atoms with E-state index in [2.05, 4.69) is 25.2 Å². The molecule has 0 bridgehead atoms. The maximum Gasteiger partial charge on any atom is 0.195 e. The summed E-state index contributed by atoms with van der Waals surface area (Å²) in [5.41, 5.74) is 0.835. The first-order valence-corrected chi connectivity index (χ1v) is 4.80. The van der Waals surface area contributed by atoms with Gasteiger partial charge in [-0.3, -0.25) is 4.90 Å². The van der Waals surface area contributed by atoms with Gasteiger partial charge in [0.15, 0.2) is 5.82 Å². The topological polar surface area (TPSA) is 74.4 Å². The maximum absolute atomic E-state index is 9.52. The van der Waals surface area contributed by atoms with Crippen molar-refractivity contribution in [2.75, 3.05) is 18.4 Å². The molecule has 0 saturated carbocycles. The van der Waals surface area contributed by atoms with E-state index < -0.39 is 0 Å². The highest BCUT2D eigenvalue weighted by atomic mass is 16.6. The van der Waals surface area contributed by atoms with Crippen LogP contribution in [0, 0.1) is 0 Å². The van der Waals surface area contributed by atoms with Crippen LogP contribution in [0.3, 0.4) is 0 Å². The van der Waals surface area contributed by atoms with Gasteiger partial charge < -0.3 is 10.4 Å². The number of aliphatic hydroxyl groups excluding tert-OH is 1. The summed E-state index contributed by atoms with van der Waals surface area (Å²) in [6.45, 7) is 2.24. The highest BCUT2D eigenvalue weighted by molar-refractivity contribution is 5.39. The summed E-state index contributed by atoms with van der Waals surface area (Å²) < 4.78 is 4.65. The van der Waals surface area contributed by atoms with E-state index in [4.69, 9.17) is 0 Å². The van der Waals surface area contributed by atoms with E-state index in [9.17, 15) is 5.11 Å². The fraction of sp³-hybridized carbons (Fsp3) is 0.750. The molecule has 2 N–H and O–H groups in total. The Morgan fingerprint density at radius 1 is 1.50 bits per heavy atom. The van der Waals surface area contributed by atoms with E-state index in [1.54, 1.807) is 0 Å². The van der Waals surface area contributed by atoms with E-state index in [1.165, 1.54) is 0 Å². The number of fused-ring (bicyclic) bond motifs is 2. The van der Waals surface area contributed by atoms with Crippen LogP contribution < -0.4 is 5.32 Å². The number of nitrogens with one attached hydrogen (secondary N) is 1. The molecular weight excluding hydrogens is 184 g/mol. The molecule has 0 radical (unpaired) electrons. The van der Waals surface area contributed by atoms with Gasteiger partial charge in [0.25, 0.3) is 0 Å². The standard InChI is InChI=1S/C8H12N4O2/c13-6-1-5-2-9-8-7(10-14-11-8)4-12(5)3-6/h5-6,13H,1-4H2,(H,9,11). The van der Waals surface area contributed by atoms with Gasteiger partial charge in [-0.25, -0.2) is 4.63 Å². The van der Waals surface area contributed by atoms with Gasteiger partial charge in [-0.15, -0.1) is 0 Å². The SMILES string of the molecule is OC1CC2CNc3nonc3CN2C1. The van der Waals surface area contributed by atoms with Crippen LogP contribution in [0.25, 0.3) is 0 Å². The molecule has 0 amide bonds. The van der Waals surface area contributed by atoms with Crippen molar-refractivity contribution in [2.24, 2.45) is 0 Å². The normalized spacial score (nSPS) is 31.8. The average molecular weight is 196 g/mol. The second kappa shape index (κ2) is 2.93. The summed E-state index contributed by atoms with van der Waals surface area (Å²) in [4.78, 5) is 2.22. The van der Waals surface area contributed by atoms with E-state index in [0.717, 1.165) is 31.0 Å². The summed E-state index contributed by atoms with van der Waals surface area (Å²) in [5.74, 6) is 0.744. The second-order valence-corrected chi connectivity index (χ2v) is 3.91. The zero-order valence-corrected chi connectivity index (χ0v) is 7.68. The van der Waals surface area contributed by atoms with E-state index in [-0.39, 0.29) is 6.10 Å². The molecule has 2 aliphatic heterocycles. The van der Waals surface area contributed by atoms with Crippen LogP contribution in [0.2, 0.25) is 0 Å². The molecule has 1 saturated heterocycles. The molecule has 0 spiro atoms. The number of aromatic nitrogens is 2. The molecule has 1 aromatic heterocycles. The van der Waals surface area contributed by atoms with Crippen LogP contribution in [0.5, 0.6) is 0 Å². The first kappa shape index (κ1) is 8.19. The minimum absolute atomic E-state index is 0.205. The molecule has 2 unspecified atom stereocenters. The number of aliphatic hydroxyl groups is 1. The molecule has 6 nitrogen and oxygen atoms in total. The Labute approximate surface area is 80.8 Å². The maximum atomic E-state index is 9.52. The minimum atomic E-state index is -0.205. The Morgan fingerprint density at radius 2 is 2.43 bits per heavy atom. The monoisotopic (exact) mass is 196 g/mol. The molecule has 14 heavy (non-hydrogen) atoms. The summed E-state index contributed by atoms with van der Waals surface area (Å²) in [6.07, 6.45) is 0.622. The van der Waals surface area contributed by atoms with Gasteiger partial charge in [0.1, 0.15) is 5.69 Å². The second-order valence-electron chi connectivity index (χ2n) is 3.91. The lowest BCUT2D eigenvalue weighted by Gasteiger charge is -2.19. The van der Waals surface area contributed by atoms with Gasteiger partial charge >= 0.3 is 0 Å². The third-order valence-corrected chi connectivity index (χ3v) is 2.92. The van der Waals surface area contributed by atoms with Gasteiger partial charge in [-0.2, -0.15) is 0 Å². The molecule has 6 heteroatoms. The summed E-state index contributed by atoms with van der Waals surface area (Å²) in [6, 6.07) is 0.390. The molecule has 2 aliphatic rings. The van der Waals surface area contributed by atoms with E-state index in [0.29, 0.717) is 12.6 Å². The van der Waals surface area contributed by atoms with Crippen molar-refractivity contribution in [3.63, 3.8) is 0 Å². The molecule has 2 atom stereocenters. The van der Waals surface area contributed by atoms with Gasteiger partial charge in [0.05, 0.1) is 6.10 Å². The minimum Gasteiger partial charge on any atom is -0.392 e. The third-order valence-electron chi connectivity index (χ3n) is 2.92. The first-order chi connectivity index (χ1) is 6.83. The predicted molar refractivity (Wildman–Crippen MR) is 47.6 cm³/mol. The Hall–Kier alpha value is -1.14. The number of hydrogen-bond acceptors (Lipinski definition) is 6. The van der Waals surface area contributed by atoms with Crippen molar-refractivity contribution in [3.05, 3.63) is 5.69 Å². The zero-order valence-electron chi connectivity index (χ0n) is 7.68. The largest absolute Gasteiger partial charge is 0.392 e. The van der Waals surface area contributed by atoms with Gasteiger partial charge in [0, 0.05) is 25.7 Å². The lowest BCUT2D eigenvalue weighted by molar-refractivity contribution is 0.171. The number of anilines is 1. The van der Waals surface area contributed by atoms with Gasteiger partial charge in [-0.1, -0.05) is 5.16 Å². The number of rotatable bonds is 0. The molecule has 0 aromatic carbocycles. The molecular formula is C8H12N4O2. The molecule has 0 aliphatic carbocycles. The Bertz CT molecular complexity index is 340. The van der Waals surface area contributed by atoms with Crippen LogP contribution in [-0.4, -0.2) is 45.6 Å². The zero-order chi connectivity index (χ0) is 9.54. The summed E-state index contributed by atoms with van der Waals surface area (Å²) >= 11 is 0. The highest BCUT2D eigenvalue weighted by Crippen LogP contribution is 2.25. The van der Waals surface area contributed by atoms with Crippen molar-refractivity contribution >= 4 is 5.82 Å². The number of hydrogen-bond donors (Lipinski definition) is 2. The Morgan fingerprint density at radius 3 is 3.36 bits per heavy atom. The molecule has 1 fully saturated rings. The van der Waals surface area contributed by atoms with Crippen LogP contribution in [0.4, 0.5) is 5.82 Å². The summed E-state index contributed by atoms with van der Waals surface area (Å²) in [5, 5.41) is 20.3. The van der Waals surface area contributed by atoms with Crippen LogP contribution in [0.1, 0.15) is 12.1 Å². The average Bonchev–Trinajstić information content (AvgIpc) is 2.69. The molecule has 3 heterocycles. The fourth-order valence-corrected chi connectivity index (χ4v) is 2.21. The first-order valence-electron chi connectivity index (χ1n) is 4.80. The van der Waals surface area contributed by atoms with E-state index in [1.807, 2.05) is 0 Å². The quantitative estimate of drug-likeness (QED) is 0.579. The Balaban J connectivity index is 1.86. The van der Waals surface area contributed by atoms with Gasteiger partial charge in [-0.05, 0) is 11.6 Å². The van der Waals surface area contributed by atoms with Crippen molar-refractivity contribution in [1.82, 2.24) is 15.2 Å². The molecule has 1 aromatic rings. The van der Waals surface area contributed by atoms with Crippen molar-refractivity contribution in [1.29, 1.82) is 0 Å². The smallest absolute Gasteiger partial charge is 0.195 e. The Kier molecular flexibility index (Phi) is 1.71. The van der Waals surface area contributed by atoms with E-state index >= 15 is 0 Å². The van der Waals surface area contributed by atoms with Crippen LogP contribution >= 0.6 is 0 Å². The molecule has 3 rings (SSSR count). The van der Waals surface area contributed by atoms with Gasteiger partial charge in [0.2, 0.25) is 0 Å².